The topological polar surface area (TPSA) is 64.7 Å². The third-order valence-corrected chi connectivity index (χ3v) is 4.66. The summed E-state index contributed by atoms with van der Waals surface area (Å²) >= 11 is 0. The van der Waals surface area contributed by atoms with Crippen molar-refractivity contribution in [3.05, 3.63) is 71.1 Å². The van der Waals surface area contributed by atoms with Crippen molar-refractivity contribution in [2.24, 2.45) is 7.05 Å². The van der Waals surface area contributed by atoms with E-state index in [1.54, 1.807) is 0 Å². The van der Waals surface area contributed by atoms with Gasteiger partial charge in [0.2, 0.25) is 5.91 Å². The molecule has 2 heterocycles. The zero-order valence-corrected chi connectivity index (χ0v) is 15.6. The third kappa shape index (κ3) is 4.20. The lowest BCUT2D eigenvalue weighted by molar-refractivity contribution is -0.120. The molecule has 6 heteroatoms. The van der Waals surface area contributed by atoms with Gasteiger partial charge in [-0.3, -0.25) is 9.48 Å². The maximum Gasteiger partial charge on any atom is 0.224 e. The van der Waals surface area contributed by atoms with Gasteiger partial charge in [0.05, 0.1) is 12.1 Å². The molecule has 0 radical (unpaired) electrons. The molecule has 0 unspecified atom stereocenters. The van der Waals surface area contributed by atoms with Gasteiger partial charge < -0.3 is 9.88 Å². The highest BCUT2D eigenvalue weighted by molar-refractivity contribution is 5.79. The van der Waals surface area contributed by atoms with Gasteiger partial charge in [-0.05, 0) is 19.4 Å². The molecule has 3 rings (SSSR count). The molecule has 0 saturated heterocycles. The summed E-state index contributed by atoms with van der Waals surface area (Å²) in [6.07, 6.45) is 4.86. The van der Waals surface area contributed by atoms with Gasteiger partial charge in [0, 0.05) is 50.2 Å². The van der Waals surface area contributed by atoms with Crippen LogP contribution in [-0.4, -0.2) is 31.8 Å². The summed E-state index contributed by atoms with van der Waals surface area (Å²) in [5.74, 6) is 0.994. The second-order valence-electron chi connectivity index (χ2n) is 6.51. The Labute approximate surface area is 153 Å². The van der Waals surface area contributed by atoms with Gasteiger partial charge in [-0.25, -0.2) is 4.98 Å². The Morgan fingerprint density at radius 2 is 1.96 bits per heavy atom. The maximum absolute atomic E-state index is 12.3. The molecule has 0 saturated carbocycles. The van der Waals surface area contributed by atoms with E-state index in [0.717, 1.165) is 29.3 Å². The molecular formula is C20H25N5O. The van der Waals surface area contributed by atoms with E-state index >= 15 is 0 Å². The van der Waals surface area contributed by atoms with Crippen LogP contribution in [-0.2, 0) is 31.2 Å². The Kier molecular flexibility index (Phi) is 5.51. The van der Waals surface area contributed by atoms with Crippen molar-refractivity contribution in [2.45, 2.75) is 33.2 Å². The van der Waals surface area contributed by atoms with Crippen LogP contribution in [0, 0.1) is 13.8 Å². The molecule has 0 spiro atoms. The number of benzene rings is 1. The van der Waals surface area contributed by atoms with Gasteiger partial charge in [0.1, 0.15) is 5.82 Å². The van der Waals surface area contributed by atoms with E-state index in [1.165, 1.54) is 5.56 Å². The first-order valence-corrected chi connectivity index (χ1v) is 8.84. The highest BCUT2D eigenvalue weighted by Gasteiger charge is 2.13. The predicted octanol–water partition coefficient (Wildman–Crippen LogP) is 2.18. The van der Waals surface area contributed by atoms with Crippen LogP contribution in [0.4, 0.5) is 0 Å². The van der Waals surface area contributed by atoms with Crippen LogP contribution in [0.5, 0.6) is 0 Å². The molecule has 0 aliphatic carbocycles. The number of nitrogens with one attached hydrogen (secondary N) is 1. The van der Waals surface area contributed by atoms with E-state index in [1.807, 2.05) is 56.2 Å². The van der Waals surface area contributed by atoms with E-state index in [0.29, 0.717) is 19.4 Å². The average molecular weight is 351 g/mol. The molecule has 136 valence electrons. The number of nitrogens with zero attached hydrogens (tertiary/aromatic N) is 4. The first-order valence-electron chi connectivity index (χ1n) is 8.84. The van der Waals surface area contributed by atoms with Crippen LogP contribution < -0.4 is 5.32 Å². The second kappa shape index (κ2) is 7.99. The maximum atomic E-state index is 12.3. The molecule has 6 nitrogen and oxygen atoms in total. The van der Waals surface area contributed by atoms with Crippen LogP contribution in [0.25, 0.3) is 0 Å². The summed E-state index contributed by atoms with van der Waals surface area (Å²) in [7, 11) is 1.90. The number of hydrogen-bond donors (Lipinski definition) is 1. The van der Waals surface area contributed by atoms with Crippen LogP contribution in [0.1, 0.15) is 28.3 Å². The van der Waals surface area contributed by atoms with Crippen LogP contribution >= 0.6 is 0 Å². The van der Waals surface area contributed by atoms with E-state index < -0.39 is 0 Å². The number of amides is 1. The lowest BCUT2D eigenvalue weighted by atomic mass is 10.1. The Morgan fingerprint density at radius 1 is 1.19 bits per heavy atom. The summed E-state index contributed by atoms with van der Waals surface area (Å²) in [5.41, 5.74) is 4.20. The zero-order valence-electron chi connectivity index (χ0n) is 15.6. The van der Waals surface area contributed by atoms with Gasteiger partial charge in [0.25, 0.3) is 0 Å². The zero-order chi connectivity index (χ0) is 18.5. The molecule has 0 aliphatic rings. The lowest BCUT2D eigenvalue weighted by Gasteiger charge is -2.09. The van der Waals surface area contributed by atoms with Crippen LogP contribution in [0.15, 0.2) is 42.7 Å². The molecule has 3 aromatic rings. The Balaban J connectivity index is 1.52. The predicted molar refractivity (Wildman–Crippen MR) is 101 cm³/mol. The number of hydrogen-bond acceptors (Lipinski definition) is 3. The quantitative estimate of drug-likeness (QED) is 0.710. The van der Waals surface area contributed by atoms with Gasteiger partial charge in [0.15, 0.2) is 0 Å². The fourth-order valence-electron chi connectivity index (χ4n) is 3.10. The highest BCUT2D eigenvalue weighted by atomic mass is 16.1. The van der Waals surface area contributed by atoms with Gasteiger partial charge in [-0.1, -0.05) is 30.3 Å². The summed E-state index contributed by atoms with van der Waals surface area (Å²) in [6, 6.07) is 10.3. The first kappa shape index (κ1) is 17.9. The Hall–Kier alpha value is -2.89. The number of aryl methyl sites for hydroxylation is 2. The van der Waals surface area contributed by atoms with Crippen molar-refractivity contribution in [1.82, 2.24) is 24.6 Å². The fraction of sp³-hybridized carbons (Fsp3) is 0.350. The molecule has 26 heavy (non-hydrogen) atoms. The molecule has 0 atom stereocenters. The molecule has 1 amide bonds. The lowest BCUT2D eigenvalue weighted by Crippen LogP contribution is -2.28. The molecule has 0 fully saturated rings. The smallest absolute Gasteiger partial charge is 0.224 e. The summed E-state index contributed by atoms with van der Waals surface area (Å²) in [6.45, 7) is 5.29. The largest absolute Gasteiger partial charge is 0.355 e. The van der Waals surface area contributed by atoms with Crippen molar-refractivity contribution in [1.29, 1.82) is 0 Å². The molecule has 2 aromatic heterocycles. The fourth-order valence-corrected chi connectivity index (χ4v) is 3.10. The van der Waals surface area contributed by atoms with Crippen LogP contribution in [0.3, 0.4) is 0 Å². The Morgan fingerprint density at radius 3 is 2.65 bits per heavy atom. The van der Waals surface area contributed by atoms with Crippen molar-refractivity contribution < 1.29 is 4.79 Å². The highest BCUT2D eigenvalue weighted by Crippen LogP contribution is 2.12. The average Bonchev–Trinajstić information content (AvgIpc) is 3.15. The molecular weight excluding hydrogens is 326 g/mol. The van der Waals surface area contributed by atoms with Crippen molar-refractivity contribution in [3.8, 4) is 0 Å². The number of carbonyl (C=O) groups is 1. The minimum atomic E-state index is 0.0189. The summed E-state index contributed by atoms with van der Waals surface area (Å²) < 4.78 is 3.94. The van der Waals surface area contributed by atoms with Crippen molar-refractivity contribution in [3.63, 3.8) is 0 Å². The minimum Gasteiger partial charge on any atom is -0.355 e. The second-order valence-corrected chi connectivity index (χ2v) is 6.51. The van der Waals surface area contributed by atoms with Gasteiger partial charge in [-0.2, -0.15) is 5.10 Å². The number of aromatic nitrogens is 4. The first-order chi connectivity index (χ1) is 12.5. The minimum absolute atomic E-state index is 0.0189. The molecule has 1 aromatic carbocycles. The summed E-state index contributed by atoms with van der Waals surface area (Å²) in [5, 5.41) is 7.35. The monoisotopic (exact) mass is 351 g/mol. The van der Waals surface area contributed by atoms with Crippen LogP contribution in [0.2, 0.25) is 0 Å². The standard InChI is InChI=1S/C20H25N5O/c1-15-18(16(2)24(3)23-15)13-20(26)22-10-9-19-21-11-12-25(19)14-17-7-5-4-6-8-17/h4-8,11-12H,9-10,13-14H2,1-3H3,(H,22,26). The van der Waals surface area contributed by atoms with E-state index in [4.69, 9.17) is 0 Å². The summed E-state index contributed by atoms with van der Waals surface area (Å²) in [4.78, 5) is 16.7. The van der Waals surface area contributed by atoms with Gasteiger partial charge in [-0.15, -0.1) is 0 Å². The van der Waals surface area contributed by atoms with Crippen molar-refractivity contribution >= 4 is 5.91 Å². The number of rotatable bonds is 7. The normalized spacial score (nSPS) is 10.9. The molecule has 0 bridgehead atoms. The SMILES string of the molecule is Cc1nn(C)c(C)c1CC(=O)NCCc1nccn1Cc1ccccc1. The van der Waals surface area contributed by atoms with Gasteiger partial charge >= 0.3 is 0 Å². The van der Waals surface area contributed by atoms with E-state index in [9.17, 15) is 4.79 Å². The molecule has 1 N–H and O–H groups in total. The van der Waals surface area contributed by atoms with E-state index in [-0.39, 0.29) is 5.91 Å². The molecule has 0 aliphatic heterocycles. The number of imidazole rings is 1. The Bertz CT molecular complexity index is 879. The number of carbonyl (C=O) groups excluding carboxylic acids is 1. The van der Waals surface area contributed by atoms with E-state index in [2.05, 4.69) is 32.1 Å². The van der Waals surface area contributed by atoms with Crippen molar-refractivity contribution in [2.75, 3.05) is 6.54 Å². The third-order valence-electron chi connectivity index (χ3n) is 4.66.